The molecule has 0 fully saturated rings. The molecule has 1 aliphatic rings. The molecule has 24 heavy (non-hydrogen) atoms. The molecule has 128 valence electrons. The van der Waals surface area contributed by atoms with Gasteiger partial charge in [0.15, 0.2) is 0 Å². The zero-order chi connectivity index (χ0) is 17.7. The minimum Gasteiger partial charge on any atom is -0.463 e. The Hall–Kier alpha value is -2.63. The first-order valence-corrected chi connectivity index (χ1v) is 8.07. The van der Waals surface area contributed by atoms with E-state index in [4.69, 9.17) is 4.74 Å². The van der Waals surface area contributed by atoms with Gasteiger partial charge in [0.05, 0.1) is 12.2 Å². The van der Waals surface area contributed by atoms with Crippen LogP contribution in [-0.2, 0) is 14.3 Å². The molecule has 0 bridgehead atoms. The van der Waals surface area contributed by atoms with Gasteiger partial charge in [-0.3, -0.25) is 9.69 Å². The van der Waals surface area contributed by atoms with Crippen LogP contribution in [0.25, 0.3) is 0 Å². The smallest absolute Gasteiger partial charge is 0.338 e. The Bertz CT molecular complexity index is 667. The molecule has 0 saturated carbocycles. The summed E-state index contributed by atoms with van der Waals surface area (Å²) in [7, 11) is 0. The molecule has 0 aliphatic carbocycles. The van der Waals surface area contributed by atoms with Gasteiger partial charge in [0.2, 0.25) is 5.91 Å². The fraction of sp³-hybridized carbons (Fsp3) is 0.389. The van der Waals surface area contributed by atoms with E-state index in [0.717, 1.165) is 4.90 Å². The topological polar surface area (TPSA) is 75.7 Å². The SMILES string of the molecule is CCCC(=O)N1C(=O)NC(C)=C(C(=O)OCC)C1c1ccccc1. The molecular formula is C18H22N2O4. The zero-order valence-corrected chi connectivity index (χ0v) is 14.2. The molecule has 1 unspecified atom stereocenters. The van der Waals surface area contributed by atoms with Crippen LogP contribution in [0.1, 0.15) is 45.2 Å². The highest BCUT2D eigenvalue weighted by atomic mass is 16.5. The van der Waals surface area contributed by atoms with Crippen molar-refractivity contribution in [3.8, 4) is 0 Å². The lowest BCUT2D eigenvalue weighted by atomic mass is 9.93. The number of urea groups is 1. The molecule has 3 amide bonds. The quantitative estimate of drug-likeness (QED) is 0.842. The maximum atomic E-state index is 12.5. The number of rotatable bonds is 5. The van der Waals surface area contributed by atoms with E-state index < -0.39 is 18.0 Å². The minimum atomic E-state index is -0.780. The fourth-order valence-corrected chi connectivity index (χ4v) is 2.76. The van der Waals surface area contributed by atoms with Crippen molar-refractivity contribution >= 4 is 17.9 Å². The van der Waals surface area contributed by atoms with E-state index >= 15 is 0 Å². The van der Waals surface area contributed by atoms with Crippen LogP contribution in [0.5, 0.6) is 0 Å². The lowest BCUT2D eigenvalue weighted by Crippen LogP contribution is -2.51. The summed E-state index contributed by atoms with van der Waals surface area (Å²) in [5, 5.41) is 2.60. The number of ether oxygens (including phenoxy) is 1. The zero-order valence-electron chi connectivity index (χ0n) is 14.2. The van der Waals surface area contributed by atoms with Gasteiger partial charge in [-0.2, -0.15) is 0 Å². The van der Waals surface area contributed by atoms with Crippen molar-refractivity contribution in [1.82, 2.24) is 10.2 Å². The molecule has 6 heteroatoms. The molecule has 1 heterocycles. The second-order valence-electron chi connectivity index (χ2n) is 5.52. The number of imide groups is 1. The third-order valence-corrected chi connectivity index (χ3v) is 3.79. The van der Waals surface area contributed by atoms with Crippen molar-refractivity contribution in [2.45, 2.75) is 39.7 Å². The van der Waals surface area contributed by atoms with Gasteiger partial charge in [0.1, 0.15) is 6.04 Å². The summed E-state index contributed by atoms with van der Waals surface area (Å²) in [4.78, 5) is 38.5. The number of nitrogens with one attached hydrogen (secondary N) is 1. The lowest BCUT2D eigenvalue weighted by molar-refractivity contribution is -0.140. The van der Waals surface area contributed by atoms with Gasteiger partial charge in [-0.05, 0) is 25.8 Å². The van der Waals surface area contributed by atoms with Crippen molar-refractivity contribution in [3.63, 3.8) is 0 Å². The van der Waals surface area contributed by atoms with Crippen molar-refractivity contribution in [1.29, 1.82) is 0 Å². The second kappa shape index (κ2) is 7.77. The number of amides is 3. The summed E-state index contributed by atoms with van der Waals surface area (Å²) in [6, 6.07) is 7.74. The Balaban J connectivity index is 2.57. The van der Waals surface area contributed by atoms with Crippen LogP contribution in [0.3, 0.4) is 0 Å². The molecule has 1 aromatic carbocycles. The molecule has 0 saturated heterocycles. The molecule has 1 N–H and O–H groups in total. The van der Waals surface area contributed by atoms with Crippen LogP contribution >= 0.6 is 0 Å². The molecule has 6 nitrogen and oxygen atoms in total. The average molecular weight is 330 g/mol. The van der Waals surface area contributed by atoms with Crippen LogP contribution in [-0.4, -0.2) is 29.4 Å². The largest absolute Gasteiger partial charge is 0.463 e. The van der Waals surface area contributed by atoms with Gasteiger partial charge < -0.3 is 10.1 Å². The molecule has 0 aromatic heterocycles. The Kier molecular flexibility index (Phi) is 5.73. The van der Waals surface area contributed by atoms with Gasteiger partial charge >= 0.3 is 12.0 Å². The number of nitrogens with zero attached hydrogens (tertiary/aromatic N) is 1. The normalized spacial score (nSPS) is 17.5. The van der Waals surface area contributed by atoms with E-state index in [1.807, 2.05) is 25.1 Å². The highest BCUT2D eigenvalue weighted by Crippen LogP contribution is 2.34. The summed E-state index contributed by atoms with van der Waals surface area (Å²) in [6.07, 6.45) is 0.841. The summed E-state index contributed by atoms with van der Waals surface area (Å²) in [5.41, 5.74) is 1.39. The molecular weight excluding hydrogens is 308 g/mol. The number of hydrogen-bond donors (Lipinski definition) is 1. The van der Waals surface area contributed by atoms with Crippen molar-refractivity contribution in [3.05, 3.63) is 47.2 Å². The highest BCUT2D eigenvalue weighted by Gasteiger charge is 2.41. The van der Waals surface area contributed by atoms with Gasteiger partial charge in [-0.15, -0.1) is 0 Å². The monoisotopic (exact) mass is 330 g/mol. The van der Waals surface area contributed by atoms with Crippen LogP contribution in [0.4, 0.5) is 4.79 Å². The first-order chi connectivity index (χ1) is 11.5. The van der Waals surface area contributed by atoms with Gasteiger partial charge in [-0.25, -0.2) is 9.59 Å². The summed E-state index contributed by atoms with van der Waals surface area (Å²) in [6.45, 7) is 5.44. The molecule has 0 spiro atoms. The number of allylic oxidation sites excluding steroid dienone is 1. The van der Waals surface area contributed by atoms with E-state index in [1.54, 1.807) is 26.0 Å². The minimum absolute atomic E-state index is 0.216. The van der Waals surface area contributed by atoms with E-state index in [2.05, 4.69) is 5.32 Å². The lowest BCUT2D eigenvalue weighted by Gasteiger charge is -2.36. The van der Waals surface area contributed by atoms with Crippen LogP contribution in [0, 0.1) is 0 Å². The summed E-state index contributed by atoms with van der Waals surface area (Å²) >= 11 is 0. The number of hydrogen-bond acceptors (Lipinski definition) is 4. The van der Waals surface area contributed by atoms with Gasteiger partial charge in [-0.1, -0.05) is 37.3 Å². The Morgan fingerprint density at radius 1 is 1.21 bits per heavy atom. The van der Waals surface area contributed by atoms with Gasteiger partial charge in [0.25, 0.3) is 0 Å². The van der Waals surface area contributed by atoms with Crippen LogP contribution < -0.4 is 5.32 Å². The standard InChI is InChI=1S/C18H22N2O4/c1-4-9-14(21)20-16(13-10-7-6-8-11-13)15(17(22)24-5-2)12(3)19-18(20)23/h6-8,10-11,16H,4-5,9H2,1-3H3,(H,19,23). The second-order valence-corrected chi connectivity index (χ2v) is 5.52. The number of esters is 1. The predicted molar refractivity (Wildman–Crippen MR) is 88.8 cm³/mol. The van der Waals surface area contributed by atoms with Crippen molar-refractivity contribution in [2.24, 2.45) is 0 Å². The number of carbonyl (C=O) groups excluding carboxylic acids is 3. The highest BCUT2D eigenvalue weighted by molar-refractivity contribution is 6.02. The number of carbonyl (C=O) groups is 3. The van der Waals surface area contributed by atoms with E-state index in [1.165, 1.54) is 0 Å². The summed E-state index contributed by atoms with van der Waals surface area (Å²) < 4.78 is 5.14. The molecule has 1 aromatic rings. The van der Waals surface area contributed by atoms with Crippen LogP contribution in [0.2, 0.25) is 0 Å². The summed E-state index contributed by atoms with van der Waals surface area (Å²) in [5.74, 6) is -0.851. The third kappa shape index (κ3) is 3.48. The maximum absolute atomic E-state index is 12.5. The first-order valence-electron chi connectivity index (χ1n) is 8.07. The molecule has 1 aliphatic heterocycles. The maximum Gasteiger partial charge on any atom is 0.338 e. The fourth-order valence-electron chi connectivity index (χ4n) is 2.76. The van der Waals surface area contributed by atoms with E-state index in [-0.39, 0.29) is 24.5 Å². The van der Waals surface area contributed by atoms with Crippen molar-refractivity contribution in [2.75, 3.05) is 6.61 Å². The Labute approximate surface area is 141 Å². The molecule has 2 rings (SSSR count). The van der Waals surface area contributed by atoms with Crippen molar-refractivity contribution < 1.29 is 19.1 Å². The van der Waals surface area contributed by atoms with Gasteiger partial charge in [0, 0.05) is 12.1 Å². The van der Waals surface area contributed by atoms with Crippen LogP contribution in [0.15, 0.2) is 41.6 Å². The molecule has 0 radical (unpaired) electrons. The molecule has 1 atom stereocenters. The first kappa shape index (κ1) is 17.7. The average Bonchev–Trinajstić information content (AvgIpc) is 2.55. The number of benzene rings is 1. The predicted octanol–water partition coefficient (Wildman–Crippen LogP) is 2.92. The van der Waals surface area contributed by atoms with E-state index in [9.17, 15) is 14.4 Å². The third-order valence-electron chi connectivity index (χ3n) is 3.79. The Morgan fingerprint density at radius 3 is 2.46 bits per heavy atom. The Morgan fingerprint density at radius 2 is 1.88 bits per heavy atom. The van der Waals surface area contributed by atoms with E-state index in [0.29, 0.717) is 17.7 Å².